The fourth-order valence-electron chi connectivity index (χ4n) is 3.07. The molecule has 26 heavy (non-hydrogen) atoms. The number of hydrogen-bond donors (Lipinski definition) is 1. The summed E-state index contributed by atoms with van der Waals surface area (Å²) in [5.41, 5.74) is 2.03. The number of benzene rings is 1. The summed E-state index contributed by atoms with van der Waals surface area (Å²) >= 11 is 0. The standard InChI is InChI=1S/C19H26N4O3/c1-14-13-17(24)23(20-14)16-8-6-5-7-15(16)21-9-11-22(12-10-21)18(25)26-19(2,3)4/h5-8,13,20H,9-12H2,1-4H3. The van der Waals surface area contributed by atoms with E-state index in [2.05, 4.69) is 10.00 Å². The molecule has 7 heteroatoms. The summed E-state index contributed by atoms with van der Waals surface area (Å²) in [5, 5.41) is 3.09. The summed E-state index contributed by atoms with van der Waals surface area (Å²) in [5.74, 6) is 0. The molecular formula is C19H26N4O3. The predicted octanol–water partition coefficient (Wildman–Crippen LogP) is 2.53. The first-order chi connectivity index (χ1) is 12.2. The van der Waals surface area contributed by atoms with Gasteiger partial charge in [-0.1, -0.05) is 12.1 Å². The van der Waals surface area contributed by atoms with Gasteiger partial charge < -0.3 is 14.5 Å². The minimum absolute atomic E-state index is 0.0812. The van der Waals surface area contributed by atoms with Gasteiger partial charge in [0.2, 0.25) is 0 Å². The van der Waals surface area contributed by atoms with Crippen LogP contribution in [0.15, 0.2) is 35.1 Å². The maximum atomic E-state index is 12.2. The molecule has 0 spiro atoms. The van der Waals surface area contributed by atoms with Crippen LogP contribution >= 0.6 is 0 Å². The Kier molecular flexibility index (Phi) is 4.80. The van der Waals surface area contributed by atoms with Gasteiger partial charge in [0.05, 0.1) is 11.4 Å². The van der Waals surface area contributed by atoms with Crippen molar-refractivity contribution < 1.29 is 9.53 Å². The zero-order chi connectivity index (χ0) is 18.9. The van der Waals surface area contributed by atoms with E-state index in [1.807, 2.05) is 52.0 Å². The van der Waals surface area contributed by atoms with Crippen molar-refractivity contribution in [1.82, 2.24) is 14.7 Å². The van der Waals surface area contributed by atoms with Gasteiger partial charge in [0.15, 0.2) is 0 Å². The van der Waals surface area contributed by atoms with E-state index in [1.54, 1.807) is 15.6 Å². The molecule has 140 valence electrons. The third-order valence-corrected chi connectivity index (χ3v) is 4.24. The number of aromatic nitrogens is 2. The van der Waals surface area contributed by atoms with Crippen LogP contribution in [-0.4, -0.2) is 52.6 Å². The van der Waals surface area contributed by atoms with Crippen molar-refractivity contribution in [3.63, 3.8) is 0 Å². The lowest BCUT2D eigenvalue weighted by Gasteiger charge is -2.37. The Morgan fingerprint density at radius 2 is 1.69 bits per heavy atom. The van der Waals surface area contributed by atoms with E-state index in [0.29, 0.717) is 26.2 Å². The van der Waals surface area contributed by atoms with Crippen molar-refractivity contribution in [3.8, 4) is 5.69 Å². The second kappa shape index (κ2) is 6.90. The number of para-hydroxylation sites is 2. The number of anilines is 1. The maximum Gasteiger partial charge on any atom is 0.410 e. The van der Waals surface area contributed by atoms with Crippen molar-refractivity contribution in [3.05, 3.63) is 46.4 Å². The fourth-order valence-corrected chi connectivity index (χ4v) is 3.07. The van der Waals surface area contributed by atoms with Gasteiger partial charge in [-0.3, -0.25) is 9.89 Å². The van der Waals surface area contributed by atoms with Gasteiger partial charge in [-0.2, -0.15) is 0 Å². The quantitative estimate of drug-likeness (QED) is 0.896. The van der Waals surface area contributed by atoms with E-state index < -0.39 is 5.60 Å². The van der Waals surface area contributed by atoms with Gasteiger partial charge >= 0.3 is 6.09 Å². The molecule has 0 saturated carbocycles. The van der Waals surface area contributed by atoms with E-state index in [9.17, 15) is 9.59 Å². The van der Waals surface area contributed by atoms with Crippen molar-refractivity contribution in [2.45, 2.75) is 33.3 Å². The van der Waals surface area contributed by atoms with Crippen molar-refractivity contribution in [2.75, 3.05) is 31.1 Å². The highest BCUT2D eigenvalue weighted by atomic mass is 16.6. The van der Waals surface area contributed by atoms with Crippen molar-refractivity contribution in [1.29, 1.82) is 0 Å². The Morgan fingerprint density at radius 3 is 2.23 bits per heavy atom. The molecule has 1 N–H and O–H groups in total. The Morgan fingerprint density at radius 1 is 1.08 bits per heavy atom. The highest BCUT2D eigenvalue weighted by molar-refractivity contribution is 5.69. The highest BCUT2D eigenvalue weighted by Crippen LogP contribution is 2.24. The molecular weight excluding hydrogens is 332 g/mol. The fraction of sp³-hybridized carbons (Fsp3) is 0.474. The summed E-state index contributed by atoms with van der Waals surface area (Å²) in [7, 11) is 0. The number of piperazine rings is 1. The minimum atomic E-state index is -0.493. The van der Waals surface area contributed by atoms with Crippen LogP contribution < -0.4 is 10.5 Å². The summed E-state index contributed by atoms with van der Waals surface area (Å²) in [6, 6.07) is 9.38. The van der Waals surface area contributed by atoms with Crippen LogP contribution in [0.5, 0.6) is 0 Å². The second-order valence-corrected chi connectivity index (χ2v) is 7.56. The Labute approximate surface area is 153 Å². The molecule has 0 atom stereocenters. The number of rotatable bonds is 2. The largest absolute Gasteiger partial charge is 0.444 e. The van der Waals surface area contributed by atoms with Crippen LogP contribution in [0.1, 0.15) is 26.5 Å². The number of carbonyl (C=O) groups is 1. The molecule has 1 aromatic carbocycles. The molecule has 1 saturated heterocycles. The second-order valence-electron chi connectivity index (χ2n) is 7.56. The number of amides is 1. The number of ether oxygens (including phenoxy) is 1. The number of aromatic amines is 1. The van der Waals surface area contributed by atoms with Crippen LogP contribution in [0, 0.1) is 6.92 Å². The monoisotopic (exact) mass is 358 g/mol. The molecule has 1 aromatic heterocycles. The Bertz CT molecular complexity index is 839. The summed E-state index contributed by atoms with van der Waals surface area (Å²) in [6.07, 6.45) is -0.276. The Hall–Kier alpha value is -2.70. The normalized spacial score (nSPS) is 15.2. The minimum Gasteiger partial charge on any atom is -0.444 e. The van der Waals surface area contributed by atoms with Gasteiger partial charge in [0, 0.05) is 37.9 Å². The molecule has 2 heterocycles. The summed E-state index contributed by atoms with van der Waals surface area (Å²) < 4.78 is 7.01. The lowest BCUT2D eigenvalue weighted by Crippen LogP contribution is -2.50. The smallest absolute Gasteiger partial charge is 0.410 e. The molecule has 3 rings (SSSR count). The molecule has 2 aromatic rings. The maximum absolute atomic E-state index is 12.2. The molecule has 0 aliphatic carbocycles. The molecule has 0 radical (unpaired) electrons. The Balaban J connectivity index is 1.76. The molecule has 1 fully saturated rings. The first-order valence-corrected chi connectivity index (χ1v) is 8.85. The third-order valence-electron chi connectivity index (χ3n) is 4.24. The van der Waals surface area contributed by atoms with Gasteiger partial charge in [-0.25, -0.2) is 9.48 Å². The molecule has 1 aliphatic heterocycles. The number of H-pyrrole nitrogens is 1. The predicted molar refractivity (Wildman–Crippen MR) is 101 cm³/mol. The number of nitrogens with one attached hydrogen (secondary N) is 1. The van der Waals surface area contributed by atoms with Crippen LogP contribution in [0.4, 0.5) is 10.5 Å². The number of nitrogens with zero attached hydrogens (tertiary/aromatic N) is 3. The molecule has 7 nitrogen and oxygen atoms in total. The van der Waals surface area contributed by atoms with E-state index in [4.69, 9.17) is 4.74 Å². The molecule has 0 bridgehead atoms. The van der Waals surface area contributed by atoms with Crippen molar-refractivity contribution >= 4 is 11.8 Å². The number of hydrogen-bond acceptors (Lipinski definition) is 4. The van der Waals surface area contributed by atoms with Crippen molar-refractivity contribution in [2.24, 2.45) is 0 Å². The number of aryl methyl sites for hydroxylation is 1. The lowest BCUT2D eigenvalue weighted by atomic mass is 10.2. The molecule has 0 unspecified atom stereocenters. The average Bonchev–Trinajstić information content (AvgIpc) is 2.92. The van der Waals surface area contributed by atoms with Gasteiger partial charge in [0.25, 0.3) is 5.56 Å². The zero-order valence-corrected chi connectivity index (χ0v) is 15.8. The van der Waals surface area contributed by atoms with E-state index in [-0.39, 0.29) is 11.7 Å². The SMILES string of the molecule is Cc1cc(=O)n(-c2ccccc2N2CCN(C(=O)OC(C)(C)C)CC2)[nH]1. The average molecular weight is 358 g/mol. The van der Waals surface area contributed by atoms with Gasteiger partial charge in [-0.15, -0.1) is 0 Å². The van der Waals surface area contributed by atoms with E-state index >= 15 is 0 Å². The lowest BCUT2D eigenvalue weighted by molar-refractivity contribution is 0.0240. The molecule has 1 aliphatic rings. The van der Waals surface area contributed by atoms with Crippen LogP contribution in [0.25, 0.3) is 5.69 Å². The zero-order valence-electron chi connectivity index (χ0n) is 15.8. The van der Waals surface area contributed by atoms with E-state index in [1.165, 1.54) is 0 Å². The summed E-state index contributed by atoms with van der Waals surface area (Å²) in [4.78, 5) is 28.3. The van der Waals surface area contributed by atoms with Crippen LogP contribution in [-0.2, 0) is 4.74 Å². The third kappa shape index (κ3) is 3.92. The van der Waals surface area contributed by atoms with Gasteiger partial charge in [-0.05, 0) is 39.8 Å². The van der Waals surface area contributed by atoms with Crippen LogP contribution in [0.2, 0.25) is 0 Å². The molecule has 1 amide bonds. The first kappa shape index (κ1) is 18.1. The summed E-state index contributed by atoms with van der Waals surface area (Å²) in [6.45, 7) is 10.0. The van der Waals surface area contributed by atoms with Crippen LogP contribution in [0.3, 0.4) is 0 Å². The number of carbonyl (C=O) groups excluding carboxylic acids is 1. The topological polar surface area (TPSA) is 70.6 Å². The highest BCUT2D eigenvalue weighted by Gasteiger charge is 2.27. The van der Waals surface area contributed by atoms with E-state index in [0.717, 1.165) is 17.1 Å². The van der Waals surface area contributed by atoms with Gasteiger partial charge in [0.1, 0.15) is 5.60 Å². The first-order valence-electron chi connectivity index (χ1n) is 8.85.